The number of alkyl halides is 3. The molecule has 1 aliphatic rings. The van der Waals surface area contributed by atoms with Crippen molar-refractivity contribution in [2.75, 3.05) is 15.5 Å². The van der Waals surface area contributed by atoms with Crippen LogP contribution in [0, 0.1) is 6.92 Å². The zero-order valence-electron chi connectivity index (χ0n) is 18.1. The standard InChI is InChI=1S/C25H17ClF3N3O3/c1-14-5-2-3-8-19(14)32-23(34)20(26)21(24(32)35)30-17-11-9-15(10-12-17)22(33)31-18-7-4-6-16(13-18)25(27,28)29/h2-13,30H,1H3,(H,31,33). The molecule has 3 amide bonds. The highest BCUT2D eigenvalue weighted by Crippen LogP contribution is 2.32. The zero-order valence-corrected chi connectivity index (χ0v) is 18.9. The van der Waals surface area contributed by atoms with Crippen molar-refractivity contribution in [3.05, 3.63) is 100 Å². The van der Waals surface area contributed by atoms with Gasteiger partial charge in [-0.25, -0.2) is 4.90 Å². The van der Waals surface area contributed by atoms with Crippen molar-refractivity contribution in [3.8, 4) is 0 Å². The van der Waals surface area contributed by atoms with E-state index >= 15 is 0 Å². The van der Waals surface area contributed by atoms with Crippen LogP contribution in [0.2, 0.25) is 0 Å². The topological polar surface area (TPSA) is 78.5 Å². The molecule has 4 rings (SSSR count). The normalized spacial score (nSPS) is 13.9. The first kappa shape index (κ1) is 24.0. The summed E-state index contributed by atoms with van der Waals surface area (Å²) in [6, 6.07) is 17.0. The molecular formula is C25H17ClF3N3O3. The van der Waals surface area contributed by atoms with Crippen molar-refractivity contribution in [2.45, 2.75) is 13.1 Å². The molecule has 35 heavy (non-hydrogen) atoms. The molecule has 0 aliphatic carbocycles. The number of halogens is 4. The highest BCUT2D eigenvalue weighted by molar-refractivity contribution is 6.53. The lowest BCUT2D eigenvalue weighted by molar-refractivity contribution is -0.137. The average Bonchev–Trinajstić information content (AvgIpc) is 3.02. The van der Waals surface area contributed by atoms with E-state index in [1.165, 1.54) is 36.4 Å². The summed E-state index contributed by atoms with van der Waals surface area (Å²) in [6.45, 7) is 1.76. The minimum atomic E-state index is -4.53. The molecule has 3 aromatic rings. The Bertz CT molecular complexity index is 1370. The molecule has 0 atom stereocenters. The second-order valence-corrected chi connectivity index (χ2v) is 8.03. The van der Waals surface area contributed by atoms with Crippen molar-refractivity contribution in [1.82, 2.24) is 0 Å². The van der Waals surface area contributed by atoms with Gasteiger partial charge in [0.05, 0.1) is 11.3 Å². The van der Waals surface area contributed by atoms with Crippen LogP contribution in [0.3, 0.4) is 0 Å². The van der Waals surface area contributed by atoms with E-state index < -0.39 is 29.5 Å². The maximum absolute atomic E-state index is 12.9. The van der Waals surface area contributed by atoms with Crippen LogP contribution in [0.1, 0.15) is 21.5 Å². The summed E-state index contributed by atoms with van der Waals surface area (Å²) in [5.74, 6) is -1.91. The number of hydrogen-bond donors (Lipinski definition) is 2. The fourth-order valence-corrected chi connectivity index (χ4v) is 3.68. The van der Waals surface area contributed by atoms with Gasteiger partial charge in [-0.05, 0) is 61.0 Å². The maximum Gasteiger partial charge on any atom is 0.416 e. The SMILES string of the molecule is Cc1ccccc1N1C(=O)C(Cl)=C(Nc2ccc(C(=O)Nc3cccc(C(F)(F)F)c3)cc2)C1=O. The van der Waals surface area contributed by atoms with Gasteiger partial charge in [-0.3, -0.25) is 14.4 Å². The Morgan fingerprint density at radius 3 is 2.23 bits per heavy atom. The van der Waals surface area contributed by atoms with E-state index in [0.29, 0.717) is 11.4 Å². The molecule has 10 heteroatoms. The predicted molar refractivity (Wildman–Crippen MR) is 126 cm³/mol. The molecule has 0 aromatic heterocycles. The molecule has 0 unspecified atom stereocenters. The van der Waals surface area contributed by atoms with Gasteiger partial charge >= 0.3 is 6.18 Å². The molecular weight excluding hydrogens is 483 g/mol. The molecule has 1 heterocycles. The Hall–Kier alpha value is -4.11. The van der Waals surface area contributed by atoms with Crippen LogP contribution in [-0.2, 0) is 15.8 Å². The number of carbonyl (C=O) groups is 3. The number of imide groups is 1. The third-order valence-electron chi connectivity index (χ3n) is 5.25. The number of nitrogens with one attached hydrogen (secondary N) is 2. The number of rotatable bonds is 5. The van der Waals surface area contributed by atoms with Crippen molar-refractivity contribution in [3.63, 3.8) is 0 Å². The highest BCUT2D eigenvalue weighted by atomic mass is 35.5. The van der Waals surface area contributed by atoms with Gasteiger partial charge in [0.2, 0.25) is 0 Å². The van der Waals surface area contributed by atoms with Crippen molar-refractivity contribution in [1.29, 1.82) is 0 Å². The minimum Gasteiger partial charge on any atom is -0.350 e. The Balaban J connectivity index is 1.48. The third-order valence-corrected chi connectivity index (χ3v) is 5.60. The zero-order chi connectivity index (χ0) is 25.3. The Labute approximate surface area is 203 Å². The molecule has 0 saturated heterocycles. The van der Waals surface area contributed by atoms with Crippen LogP contribution in [0.15, 0.2) is 83.5 Å². The van der Waals surface area contributed by atoms with Gasteiger partial charge in [0.15, 0.2) is 0 Å². The summed E-state index contributed by atoms with van der Waals surface area (Å²) in [7, 11) is 0. The smallest absolute Gasteiger partial charge is 0.350 e. The van der Waals surface area contributed by atoms with E-state index in [4.69, 9.17) is 11.6 Å². The predicted octanol–water partition coefficient (Wildman–Crippen LogP) is 5.70. The number of amides is 3. The van der Waals surface area contributed by atoms with Gasteiger partial charge in [0.25, 0.3) is 17.7 Å². The summed E-state index contributed by atoms with van der Waals surface area (Å²) in [4.78, 5) is 39.0. The molecule has 0 spiro atoms. The summed E-state index contributed by atoms with van der Waals surface area (Å²) < 4.78 is 38.6. The van der Waals surface area contributed by atoms with E-state index in [2.05, 4.69) is 10.6 Å². The summed E-state index contributed by atoms with van der Waals surface area (Å²) >= 11 is 6.15. The number of carbonyl (C=O) groups excluding carboxylic acids is 3. The number of para-hydroxylation sites is 1. The van der Waals surface area contributed by atoms with Crippen LogP contribution >= 0.6 is 11.6 Å². The highest BCUT2D eigenvalue weighted by Gasteiger charge is 2.39. The monoisotopic (exact) mass is 499 g/mol. The molecule has 2 N–H and O–H groups in total. The van der Waals surface area contributed by atoms with E-state index in [1.807, 2.05) is 0 Å². The van der Waals surface area contributed by atoms with Crippen molar-refractivity contribution >= 4 is 46.4 Å². The number of benzene rings is 3. The fraction of sp³-hybridized carbons (Fsp3) is 0.0800. The summed E-state index contributed by atoms with van der Waals surface area (Å²) in [5, 5.41) is 4.95. The van der Waals surface area contributed by atoms with Gasteiger partial charge in [-0.2, -0.15) is 13.2 Å². The maximum atomic E-state index is 12.9. The van der Waals surface area contributed by atoms with Gasteiger partial charge in [0.1, 0.15) is 10.7 Å². The first-order valence-corrected chi connectivity index (χ1v) is 10.6. The number of aryl methyl sites for hydroxylation is 1. The van der Waals surface area contributed by atoms with E-state index in [1.54, 1.807) is 31.2 Å². The fourth-order valence-electron chi connectivity index (χ4n) is 3.47. The van der Waals surface area contributed by atoms with Gasteiger partial charge in [0, 0.05) is 16.9 Å². The summed E-state index contributed by atoms with van der Waals surface area (Å²) in [5.41, 5.74) is 0.687. The van der Waals surface area contributed by atoms with Gasteiger partial charge in [-0.15, -0.1) is 0 Å². The lowest BCUT2D eigenvalue weighted by Gasteiger charge is -2.17. The van der Waals surface area contributed by atoms with Crippen LogP contribution in [0.5, 0.6) is 0 Å². The molecule has 3 aromatic carbocycles. The van der Waals surface area contributed by atoms with Crippen LogP contribution in [0.4, 0.5) is 30.2 Å². The Kier molecular flexibility index (Phi) is 6.36. The third kappa shape index (κ3) is 4.90. The van der Waals surface area contributed by atoms with E-state index in [0.717, 1.165) is 22.6 Å². The number of hydrogen-bond acceptors (Lipinski definition) is 4. The molecule has 0 bridgehead atoms. The van der Waals surface area contributed by atoms with Crippen molar-refractivity contribution < 1.29 is 27.6 Å². The van der Waals surface area contributed by atoms with E-state index in [-0.39, 0.29) is 22.0 Å². The van der Waals surface area contributed by atoms with Crippen LogP contribution in [-0.4, -0.2) is 17.7 Å². The number of nitrogens with zero attached hydrogens (tertiary/aromatic N) is 1. The van der Waals surface area contributed by atoms with Crippen LogP contribution < -0.4 is 15.5 Å². The summed E-state index contributed by atoms with van der Waals surface area (Å²) in [6.07, 6.45) is -4.53. The first-order valence-electron chi connectivity index (χ1n) is 10.3. The second kappa shape index (κ2) is 9.27. The second-order valence-electron chi connectivity index (χ2n) is 7.66. The molecule has 6 nitrogen and oxygen atoms in total. The number of anilines is 3. The minimum absolute atomic E-state index is 0.00433. The first-order chi connectivity index (χ1) is 16.6. The Morgan fingerprint density at radius 1 is 0.886 bits per heavy atom. The van der Waals surface area contributed by atoms with Crippen LogP contribution in [0.25, 0.3) is 0 Å². The molecule has 1 aliphatic heterocycles. The lowest BCUT2D eigenvalue weighted by Crippen LogP contribution is -2.32. The van der Waals surface area contributed by atoms with Crippen molar-refractivity contribution in [2.24, 2.45) is 0 Å². The van der Waals surface area contributed by atoms with E-state index in [9.17, 15) is 27.6 Å². The largest absolute Gasteiger partial charge is 0.416 e. The Morgan fingerprint density at radius 2 is 1.57 bits per heavy atom. The molecule has 0 saturated carbocycles. The average molecular weight is 500 g/mol. The molecule has 0 fully saturated rings. The quantitative estimate of drug-likeness (QED) is 0.441. The van der Waals surface area contributed by atoms with Gasteiger partial charge < -0.3 is 10.6 Å². The lowest BCUT2D eigenvalue weighted by atomic mass is 10.1. The molecule has 0 radical (unpaired) electrons. The molecule has 178 valence electrons. The van der Waals surface area contributed by atoms with Gasteiger partial charge in [-0.1, -0.05) is 35.9 Å².